The summed E-state index contributed by atoms with van der Waals surface area (Å²) in [6.07, 6.45) is 2.35. The Balaban J connectivity index is 2.27. The Hall–Kier alpha value is -2.58. The molecule has 2 aromatic carbocycles. The quantitative estimate of drug-likeness (QED) is 0.536. The van der Waals surface area contributed by atoms with E-state index in [2.05, 4.69) is 5.32 Å². The van der Waals surface area contributed by atoms with Crippen LogP contribution in [0.3, 0.4) is 0 Å². The highest BCUT2D eigenvalue weighted by Crippen LogP contribution is 2.21. The Bertz CT molecular complexity index is 998. The minimum atomic E-state index is -3.74. The van der Waals surface area contributed by atoms with Gasteiger partial charge in [0, 0.05) is 18.1 Å². The maximum Gasteiger partial charge on any atom is 0.244 e. The highest BCUT2D eigenvalue weighted by Gasteiger charge is 2.29. The van der Waals surface area contributed by atoms with E-state index in [1.54, 1.807) is 31.2 Å². The average Bonchev–Trinajstić information content (AvgIpc) is 2.76. The molecule has 2 aromatic rings. The maximum atomic E-state index is 13.3. The number of anilines is 1. The number of amides is 2. The first-order chi connectivity index (χ1) is 15.1. The van der Waals surface area contributed by atoms with E-state index >= 15 is 0 Å². The molecule has 0 aliphatic carbocycles. The van der Waals surface area contributed by atoms with Crippen molar-refractivity contribution in [1.82, 2.24) is 10.2 Å². The Morgan fingerprint density at radius 3 is 2.25 bits per heavy atom. The second kappa shape index (κ2) is 11.9. The van der Waals surface area contributed by atoms with E-state index in [0.29, 0.717) is 23.7 Å². The molecular formula is C23H30ClN3O4S. The van der Waals surface area contributed by atoms with Gasteiger partial charge < -0.3 is 10.2 Å². The molecule has 0 aliphatic heterocycles. The van der Waals surface area contributed by atoms with Crippen molar-refractivity contribution in [1.29, 1.82) is 0 Å². The van der Waals surface area contributed by atoms with Crippen molar-refractivity contribution in [3.8, 4) is 0 Å². The highest BCUT2D eigenvalue weighted by molar-refractivity contribution is 7.92. The molecule has 174 valence electrons. The van der Waals surface area contributed by atoms with Gasteiger partial charge in [0.05, 0.1) is 11.9 Å². The summed E-state index contributed by atoms with van der Waals surface area (Å²) < 4.78 is 25.9. The van der Waals surface area contributed by atoms with Crippen LogP contribution in [0.2, 0.25) is 5.02 Å². The van der Waals surface area contributed by atoms with Gasteiger partial charge in [-0.25, -0.2) is 8.42 Å². The summed E-state index contributed by atoms with van der Waals surface area (Å²) in [5, 5.41) is 3.27. The topological polar surface area (TPSA) is 86.8 Å². The molecule has 1 N–H and O–H groups in total. The molecule has 32 heavy (non-hydrogen) atoms. The van der Waals surface area contributed by atoms with Crippen LogP contribution in [0, 0.1) is 0 Å². The fourth-order valence-electron chi connectivity index (χ4n) is 3.19. The molecule has 0 bridgehead atoms. The second-order valence-electron chi connectivity index (χ2n) is 7.54. The van der Waals surface area contributed by atoms with Crippen molar-refractivity contribution in [3.05, 3.63) is 65.2 Å². The molecule has 0 spiro atoms. The first kappa shape index (κ1) is 25.7. The van der Waals surface area contributed by atoms with Crippen LogP contribution in [0.4, 0.5) is 5.69 Å². The molecule has 0 unspecified atom stereocenters. The summed E-state index contributed by atoms with van der Waals surface area (Å²) in [7, 11) is -3.74. The van der Waals surface area contributed by atoms with Crippen LogP contribution >= 0.6 is 11.6 Å². The second-order valence-corrected chi connectivity index (χ2v) is 9.88. The van der Waals surface area contributed by atoms with Gasteiger partial charge in [0.1, 0.15) is 12.6 Å². The van der Waals surface area contributed by atoms with E-state index < -0.39 is 28.5 Å². The normalized spacial score (nSPS) is 12.1. The number of nitrogens with one attached hydrogen (secondary N) is 1. The molecule has 0 saturated heterocycles. The largest absolute Gasteiger partial charge is 0.354 e. The highest BCUT2D eigenvalue weighted by atomic mass is 35.5. The van der Waals surface area contributed by atoms with Crippen LogP contribution in [0.25, 0.3) is 0 Å². The van der Waals surface area contributed by atoms with Crippen molar-refractivity contribution in [2.75, 3.05) is 30.2 Å². The monoisotopic (exact) mass is 479 g/mol. The van der Waals surface area contributed by atoms with Gasteiger partial charge in [0.25, 0.3) is 0 Å². The van der Waals surface area contributed by atoms with Crippen LogP contribution in [-0.2, 0) is 26.0 Å². The van der Waals surface area contributed by atoms with Crippen molar-refractivity contribution < 1.29 is 18.0 Å². The molecular weight excluding hydrogens is 450 g/mol. The van der Waals surface area contributed by atoms with Crippen LogP contribution in [-0.4, -0.2) is 57.1 Å². The number of halogens is 1. The summed E-state index contributed by atoms with van der Waals surface area (Å²) in [6, 6.07) is 15.1. The first-order valence-electron chi connectivity index (χ1n) is 10.5. The average molecular weight is 480 g/mol. The maximum absolute atomic E-state index is 13.3. The third-order valence-electron chi connectivity index (χ3n) is 4.99. The third kappa shape index (κ3) is 7.53. The Morgan fingerprint density at radius 1 is 1.06 bits per heavy atom. The molecule has 1 atom stereocenters. The van der Waals surface area contributed by atoms with E-state index in [4.69, 9.17) is 11.6 Å². The Labute approximate surface area is 195 Å². The molecule has 7 nitrogen and oxygen atoms in total. The first-order valence-corrected chi connectivity index (χ1v) is 12.7. The Kier molecular flexibility index (Phi) is 9.53. The molecule has 2 amide bonds. The lowest BCUT2D eigenvalue weighted by molar-refractivity contribution is -0.138. The van der Waals surface area contributed by atoms with Crippen molar-refractivity contribution in [2.24, 2.45) is 0 Å². The molecule has 0 aliphatic rings. The molecule has 2 rings (SSSR count). The van der Waals surface area contributed by atoms with E-state index in [-0.39, 0.29) is 12.5 Å². The van der Waals surface area contributed by atoms with Gasteiger partial charge in [-0.05, 0) is 49.6 Å². The fraction of sp³-hybridized carbons (Fsp3) is 0.391. The SMILES string of the molecule is CCCNC(=O)[C@@H](C)N(CCc1ccccc1)C(=O)CN(c1ccc(Cl)cc1)S(C)(=O)=O. The minimum absolute atomic E-state index is 0.273. The molecule has 9 heteroatoms. The van der Waals surface area contributed by atoms with Gasteiger partial charge in [0.2, 0.25) is 21.8 Å². The van der Waals surface area contributed by atoms with Crippen molar-refractivity contribution in [2.45, 2.75) is 32.7 Å². The van der Waals surface area contributed by atoms with Crippen LogP contribution in [0.5, 0.6) is 0 Å². The van der Waals surface area contributed by atoms with E-state index in [0.717, 1.165) is 22.5 Å². The van der Waals surface area contributed by atoms with Crippen LogP contribution in [0.1, 0.15) is 25.8 Å². The van der Waals surface area contributed by atoms with Gasteiger partial charge in [0.15, 0.2) is 0 Å². The van der Waals surface area contributed by atoms with E-state index in [1.165, 1.54) is 4.90 Å². The summed E-state index contributed by atoms with van der Waals surface area (Å²) >= 11 is 5.92. The summed E-state index contributed by atoms with van der Waals surface area (Å²) in [6.45, 7) is 3.97. The lowest BCUT2D eigenvalue weighted by Gasteiger charge is -2.31. The number of carbonyl (C=O) groups excluding carboxylic acids is 2. The molecule has 0 fully saturated rings. The molecule has 0 heterocycles. The van der Waals surface area contributed by atoms with Gasteiger partial charge in [-0.1, -0.05) is 48.9 Å². The number of sulfonamides is 1. The van der Waals surface area contributed by atoms with E-state index in [9.17, 15) is 18.0 Å². The molecule has 0 saturated carbocycles. The summed E-state index contributed by atoms with van der Waals surface area (Å²) in [5.74, 6) is -0.730. The molecule has 0 aromatic heterocycles. The van der Waals surface area contributed by atoms with Gasteiger partial charge in [-0.2, -0.15) is 0 Å². The number of carbonyl (C=O) groups is 2. The summed E-state index contributed by atoms with van der Waals surface area (Å²) in [4.78, 5) is 27.3. The summed E-state index contributed by atoms with van der Waals surface area (Å²) in [5.41, 5.74) is 1.35. The van der Waals surface area contributed by atoms with E-state index in [1.807, 2.05) is 37.3 Å². The van der Waals surface area contributed by atoms with Crippen LogP contribution in [0.15, 0.2) is 54.6 Å². The van der Waals surface area contributed by atoms with Crippen molar-refractivity contribution in [3.63, 3.8) is 0 Å². The van der Waals surface area contributed by atoms with Gasteiger partial charge in [-0.3, -0.25) is 13.9 Å². The zero-order valence-corrected chi connectivity index (χ0v) is 20.2. The number of hydrogen-bond acceptors (Lipinski definition) is 4. The zero-order valence-electron chi connectivity index (χ0n) is 18.6. The minimum Gasteiger partial charge on any atom is -0.354 e. The van der Waals surface area contributed by atoms with Crippen LogP contribution < -0.4 is 9.62 Å². The lowest BCUT2D eigenvalue weighted by atomic mass is 10.1. The fourth-order valence-corrected chi connectivity index (χ4v) is 4.16. The third-order valence-corrected chi connectivity index (χ3v) is 6.39. The number of nitrogens with zero attached hydrogens (tertiary/aromatic N) is 2. The predicted octanol–water partition coefficient (Wildman–Crippen LogP) is 3.09. The standard InChI is InChI=1S/C23H30ClN3O4S/c1-4-15-25-23(29)18(2)26(16-14-19-8-6-5-7-9-19)22(28)17-27(32(3,30)31)21-12-10-20(24)11-13-21/h5-13,18H,4,14-17H2,1-3H3,(H,25,29)/t18-/m1/s1. The lowest BCUT2D eigenvalue weighted by Crippen LogP contribution is -2.52. The predicted molar refractivity (Wildman–Crippen MR) is 128 cm³/mol. The molecule has 0 radical (unpaired) electrons. The Morgan fingerprint density at radius 2 is 1.69 bits per heavy atom. The van der Waals surface area contributed by atoms with Gasteiger partial charge >= 0.3 is 0 Å². The number of benzene rings is 2. The van der Waals surface area contributed by atoms with Gasteiger partial charge in [-0.15, -0.1) is 0 Å². The smallest absolute Gasteiger partial charge is 0.244 e. The van der Waals surface area contributed by atoms with Crippen molar-refractivity contribution >= 4 is 39.1 Å². The zero-order chi connectivity index (χ0) is 23.7. The number of hydrogen-bond donors (Lipinski definition) is 1. The number of rotatable bonds is 11.